The number of carbonyl (C=O) groups is 1. The number of hydrogen-bond acceptors (Lipinski definition) is 5. The summed E-state index contributed by atoms with van der Waals surface area (Å²) in [6.45, 7) is 7.21. The second-order valence-corrected chi connectivity index (χ2v) is 5.90. The first kappa shape index (κ1) is 15.5. The van der Waals surface area contributed by atoms with E-state index in [0.717, 1.165) is 18.2 Å². The topological polar surface area (TPSA) is 81.9 Å². The number of rotatable bonds is 6. The third-order valence-electron chi connectivity index (χ3n) is 4.19. The van der Waals surface area contributed by atoms with E-state index in [-0.39, 0.29) is 5.91 Å². The molecule has 1 fully saturated rings. The van der Waals surface area contributed by atoms with Crippen molar-refractivity contribution in [2.24, 2.45) is 11.8 Å². The molecule has 2 heterocycles. The van der Waals surface area contributed by atoms with Gasteiger partial charge in [0.25, 0.3) is 5.91 Å². The maximum absolute atomic E-state index is 12.3. The molecule has 7 heteroatoms. The van der Waals surface area contributed by atoms with Gasteiger partial charge in [-0.1, -0.05) is 6.92 Å². The summed E-state index contributed by atoms with van der Waals surface area (Å²) in [5.74, 6) is 2.27. The van der Waals surface area contributed by atoms with Crippen LogP contribution < -0.4 is 10.1 Å². The fourth-order valence-corrected chi connectivity index (χ4v) is 2.52. The minimum absolute atomic E-state index is 0.0910. The van der Waals surface area contributed by atoms with Crippen LogP contribution in [0.15, 0.2) is 18.3 Å². The summed E-state index contributed by atoms with van der Waals surface area (Å²) in [5, 5.41) is 15.3. The van der Waals surface area contributed by atoms with E-state index < -0.39 is 0 Å². The molecule has 1 aliphatic carbocycles. The predicted molar refractivity (Wildman–Crippen MR) is 84.7 cm³/mol. The second kappa shape index (κ2) is 6.36. The molecule has 2 aromatic heterocycles. The molecule has 0 radical (unpaired) electrons. The van der Waals surface area contributed by atoms with Crippen molar-refractivity contribution in [1.29, 1.82) is 0 Å². The molecule has 3 rings (SSSR count). The zero-order valence-corrected chi connectivity index (χ0v) is 13.6. The summed E-state index contributed by atoms with van der Waals surface area (Å²) in [5.41, 5.74) is 1.30. The summed E-state index contributed by atoms with van der Waals surface area (Å²) in [7, 11) is 0. The van der Waals surface area contributed by atoms with Crippen LogP contribution in [0.4, 0.5) is 0 Å². The SMILES string of the molecule is CCOc1ccc(-n2ncc(C(=O)NC[C@@H]3C[C@@H]3C)c2C)nn1. The molecule has 23 heavy (non-hydrogen) atoms. The van der Waals surface area contributed by atoms with Gasteiger partial charge in [0.05, 0.1) is 24.1 Å². The van der Waals surface area contributed by atoms with Crippen LogP contribution in [0.25, 0.3) is 5.82 Å². The molecule has 122 valence electrons. The van der Waals surface area contributed by atoms with Crippen molar-refractivity contribution < 1.29 is 9.53 Å². The van der Waals surface area contributed by atoms with Gasteiger partial charge < -0.3 is 10.1 Å². The van der Waals surface area contributed by atoms with Gasteiger partial charge in [-0.3, -0.25) is 4.79 Å². The second-order valence-electron chi connectivity index (χ2n) is 5.90. The first-order valence-electron chi connectivity index (χ1n) is 7.89. The number of ether oxygens (including phenoxy) is 1. The molecular formula is C16H21N5O2. The summed E-state index contributed by atoms with van der Waals surface area (Å²) in [6.07, 6.45) is 2.76. The lowest BCUT2D eigenvalue weighted by molar-refractivity contribution is 0.0950. The Labute approximate surface area is 135 Å². The first-order chi connectivity index (χ1) is 11.1. The molecule has 1 N–H and O–H groups in total. The van der Waals surface area contributed by atoms with Crippen molar-refractivity contribution >= 4 is 5.91 Å². The highest BCUT2D eigenvalue weighted by atomic mass is 16.5. The molecule has 2 aromatic rings. The summed E-state index contributed by atoms with van der Waals surface area (Å²) < 4.78 is 6.88. The maximum atomic E-state index is 12.3. The number of aromatic nitrogens is 4. The number of nitrogens with one attached hydrogen (secondary N) is 1. The van der Waals surface area contributed by atoms with Crippen LogP contribution in [0.3, 0.4) is 0 Å². The van der Waals surface area contributed by atoms with Gasteiger partial charge in [-0.05, 0) is 38.2 Å². The first-order valence-corrected chi connectivity index (χ1v) is 7.89. The molecule has 1 saturated carbocycles. The lowest BCUT2D eigenvalue weighted by Crippen LogP contribution is -2.26. The highest BCUT2D eigenvalue weighted by Gasteiger charge is 2.32. The standard InChI is InChI=1S/C16H21N5O2/c1-4-23-15-6-5-14(19-20-15)21-11(3)13(9-18-21)16(22)17-8-12-7-10(12)2/h5-6,9-10,12H,4,7-8H2,1-3H3,(H,17,22)/t10-,12-/m0/s1. The van der Waals surface area contributed by atoms with Gasteiger partial charge in [0.1, 0.15) is 0 Å². The van der Waals surface area contributed by atoms with Gasteiger partial charge in [-0.15, -0.1) is 10.2 Å². The van der Waals surface area contributed by atoms with Crippen molar-refractivity contribution in [2.75, 3.05) is 13.2 Å². The zero-order chi connectivity index (χ0) is 16.4. The molecular weight excluding hydrogens is 294 g/mol. The van der Waals surface area contributed by atoms with Crippen LogP contribution in [0, 0.1) is 18.8 Å². The van der Waals surface area contributed by atoms with Crippen molar-refractivity contribution in [3.63, 3.8) is 0 Å². The maximum Gasteiger partial charge on any atom is 0.254 e. The smallest absolute Gasteiger partial charge is 0.254 e. The van der Waals surface area contributed by atoms with E-state index in [1.54, 1.807) is 23.0 Å². The molecule has 1 amide bonds. The van der Waals surface area contributed by atoms with Crippen LogP contribution in [-0.4, -0.2) is 39.0 Å². The number of hydrogen-bond donors (Lipinski definition) is 1. The summed E-state index contributed by atoms with van der Waals surface area (Å²) >= 11 is 0. The number of nitrogens with zero attached hydrogens (tertiary/aromatic N) is 4. The molecule has 1 aliphatic rings. The molecule has 0 aromatic carbocycles. The largest absolute Gasteiger partial charge is 0.477 e. The van der Waals surface area contributed by atoms with Crippen LogP contribution in [0.1, 0.15) is 36.3 Å². The summed E-state index contributed by atoms with van der Waals surface area (Å²) in [6, 6.07) is 3.51. The van der Waals surface area contributed by atoms with Crippen LogP contribution in [0.2, 0.25) is 0 Å². The highest BCUT2D eigenvalue weighted by Crippen LogP contribution is 2.36. The molecule has 7 nitrogen and oxygen atoms in total. The molecule has 0 saturated heterocycles. The minimum atomic E-state index is -0.0910. The van der Waals surface area contributed by atoms with Gasteiger partial charge in [0.2, 0.25) is 5.88 Å². The Kier molecular flexibility index (Phi) is 4.27. The third kappa shape index (κ3) is 3.33. The quantitative estimate of drug-likeness (QED) is 0.878. The Morgan fingerprint density at radius 2 is 2.22 bits per heavy atom. The number of carbonyl (C=O) groups excluding carboxylic acids is 1. The van der Waals surface area contributed by atoms with Gasteiger partial charge >= 0.3 is 0 Å². The van der Waals surface area contributed by atoms with Crippen LogP contribution >= 0.6 is 0 Å². The lowest BCUT2D eigenvalue weighted by atomic mass is 10.2. The fraction of sp³-hybridized carbons (Fsp3) is 0.500. The monoisotopic (exact) mass is 315 g/mol. The fourth-order valence-electron chi connectivity index (χ4n) is 2.52. The van der Waals surface area contributed by atoms with Crippen molar-refractivity contribution in [2.45, 2.75) is 27.2 Å². The Morgan fingerprint density at radius 1 is 1.43 bits per heavy atom. The normalized spacial score (nSPS) is 19.4. The van der Waals surface area contributed by atoms with Crippen LogP contribution in [-0.2, 0) is 0 Å². The Balaban J connectivity index is 1.71. The molecule has 0 unspecified atom stereocenters. The van der Waals surface area contributed by atoms with Gasteiger partial charge in [-0.25, -0.2) is 4.68 Å². The van der Waals surface area contributed by atoms with E-state index in [0.29, 0.717) is 29.8 Å². The van der Waals surface area contributed by atoms with E-state index in [9.17, 15) is 4.79 Å². The molecule has 0 aliphatic heterocycles. The van der Waals surface area contributed by atoms with E-state index in [1.165, 1.54) is 6.42 Å². The van der Waals surface area contributed by atoms with Crippen LogP contribution in [0.5, 0.6) is 5.88 Å². The summed E-state index contributed by atoms with van der Waals surface area (Å²) in [4.78, 5) is 12.3. The minimum Gasteiger partial charge on any atom is -0.477 e. The van der Waals surface area contributed by atoms with Crippen molar-refractivity contribution in [3.05, 3.63) is 29.6 Å². The lowest BCUT2D eigenvalue weighted by Gasteiger charge is -2.06. The highest BCUT2D eigenvalue weighted by molar-refractivity contribution is 5.95. The van der Waals surface area contributed by atoms with Gasteiger partial charge in [0.15, 0.2) is 5.82 Å². The number of amides is 1. The Morgan fingerprint density at radius 3 is 2.83 bits per heavy atom. The average molecular weight is 315 g/mol. The predicted octanol–water partition coefficient (Wildman–Crippen LogP) is 1.76. The Bertz CT molecular complexity index is 695. The van der Waals surface area contributed by atoms with Gasteiger partial charge in [-0.2, -0.15) is 5.10 Å². The van der Waals surface area contributed by atoms with Crippen molar-refractivity contribution in [3.8, 4) is 11.7 Å². The Hall–Kier alpha value is -2.44. The molecule has 2 atom stereocenters. The molecule has 0 spiro atoms. The van der Waals surface area contributed by atoms with Crippen molar-refractivity contribution in [1.82, 2.24) is 25.3 Å². The van der Waals surface area contributed by atoms with E-state index in [4.69, 9.17) is 4.74 Å². The molecule has 0 bridgehead atoms. The van der Waals surface area contributed by atoms with E-state index >= 15 is 0 Å². The van der Waals surface area contributed by atoms with Gasteiger partial charge in [0, 0.05) is 12.6 Å². The third-order valence-corrected chi connectivity index (χ3v) is 4.19. The van der Waals surface area contributed by atoms with E-state index in [2.05, 4.69) is 27.5 Å². The average Bonchev–Trinajstić information content (AvgIpc) is 3.12. The zero-order valence-electron chi connectivity index (χ0n) is 13.6. The van der Waals surface area contributed by atoms with E-state index in [1.807, 2.05) is 13.8 Å².